The lowest BCUT2D eigenvalue weighted by Crippen LogP contribution is -2.35. The highest BCUT2D eigenvalue weighted by molar-refractivity contribution is 14.1. The molecule has 1 aliphatic heterocycles. The molecule has 0 bridgehead atoms. The fourth-order valence-electron chi connectivity index (χ4n) is 2.90. The van der Waals surface area contributed by atoms with Gasteiger partial charge in [0.2, 0.25) is 3.83 Å². The first-order valence-corrected chi connectivity index (χ1v) is 8.78. The molecule has 0 atom stereocenters. The van der Waals surface area contributed by atoms with Gasteiger partial charge in [-0.1, -0.05) is 30.3 Å². The van der Waals surface area contributed by atoms with Gasteiger partial charge in [-0.3, -0.25) is 4.90 Å². The normalized spacial score (nSPS) is 16.0. The molecule has 3 heterocycles. The van der Waals surface area contributed by atoms with E-state index in [4.69, 9.17) is 4.74 Å². The van der Waals surface area contributed by atoms with E-state index < -0.39 is 0 Å². The van der Waals surface area contributed by atoms with Crippen molar-refractivity contribution in [3.63, 3.8) is 0 Å². The largest absolute Gasteiger partial charge is 0.379 e. The Balaban J connectivity index is 1.59. The van der Waals surface area contributed by atoms with Gasteiger partial charge in [-0.25, -0.2) is 9.50 Å². The summed E-state index contributed by atoms with van der Waals surface area (Å²) >= 11 is 2.15. The Morgan fingerprint density at radius 1 is 1.04 bits per heavy atom. The minimum absolute atomic E-state index is 0.763. The van der Waals surface area contributed by atoms with Crippen LogP contribution in [0.5, 0.6) is 0 Å². The Bertz CT molecular complexity index is 809. The van der Waals surface area contributed by atoms with Crippen molar-refractivity contribution in [1.82, 2.24) is 19.5 Å². The molecular weight excluding hydrogens is 403 g/mol. The second-order valence-corrected chi connectivity index (χ2v) is 6.61. The molecule has 0 amide bonds. The van der Waals surface area contributed by atoms with Crippen LogP contribution in [0.2, 0.25) is 0 Å². The average Bonchev–Trinajstić information content (AvgIpc) is 2.97. The maximum absolute atomic E-state index is 5.40. The second-order valence-electron chi connectivity index (χ2n) is 5.65. The summed E-state index contributed by atoms with van der Waals surface area (Å²) in [6.45, 7) is 4.68. The van der Waals surface area contributed by atoms with Gasteiger partial charge >= 0.3 is 0 Å². The molecule has 0 N–H and O–H groups in total. The average molecular weight is 420 g/mol. The first kappa shape index (κ1) is 15.0. The van der Waals surface area contributed by atoms with Gasteiger partial charge in [0, 0.05) is 47.8 Å². The molecule has 118 valence electrons. The first-order chi connectivity index (χ1) is 11.3. The van der Waals surface area contributed by atoms with Crippen molar-refractivity contribution in [2.45, 2.75) is 6.54 Å². The van der Waals surface area contributed by atoms with Gasteiger partial charge in [0.1, 0.15) is 0 Å². The summed E-state index contributed by atoms with van der Waals surface area (Å²) in [4.78, 5) is 6.84. The maximum Gasteiger partial charge on any atom is 0.212 e. The number of pyridine rings is 1. The van der Waals surface area contributed by atoms with Crippen LogP contribution < -0.4 is 0 Å². The molecule has 0 radical (unpaired) electrons. The predicted molar refractivity (Wildman–Crippen MR) is 97.2 cm³/mol. The first-order valence-electron chi connectivity index (χ1n) is 7.70. The van der Waals surface area contributed by atoms with Crippen molar-refractivity contribution >= 4 is 28.2 Å². The topological polar surface area (TPSA) is 42.7 Å². The van der Waals surface area contributed by atoms with Crippen molar-refractivity contribution < 1.29 is 4.74 Å². The van der Waals surface area contributed by atoms with Crippen LogP contribution in [-0.4, -0.2) is 45.8 Å². The molecule has 0 saturated carbocycles. The molecule has 0 aliphatic carbocycles. The molecule has 1 fully saturated rings. The van der Waals surface area contributed by atoms with E-state index in [9.17, 15) is 0 Å². The minimum atomic E-state index is 0.763. The Kier molecular flexibility index (Phi) is 4.28. The third kappa shape index (κ3) is 3.24. The van der Waals surface area contributed by atoms with Crippen LogP contribution in [0.15, 0.2) is 42.5 Å². The zero-order valence-corrected chi connectivity index (χ0v) is 14.8. The summed E-state index contributed by atoms with van der Waals surface area (Å²) in [5.41, 5.74) is 4.43. The number of halogens is 1. The van der Waals surface area contributed by atoms with Crippen molar-refractivity contribution in [3.8, 4) is 11.3 Å². The molecular formula is C17H17IN4O. The van der Waals surface area contributed by atoms with E-state index in [-0.39, 0.29) is 0 Å². The molecule has 0 spiro atoms. The number of aromatic nitrogens is 3. The van der Waals surface area contributed by atoms with Crippen molar-refractivity contribution in [3.05, 3.63) is 51.9 Å². The second kappa shape index (κ2) is 6.54. The lowest BCUT2D eigenvalue weighted by Gasteiger charge is -2.26. The summed E-state index contributed by atoms with van der Waals surface area (Å²) in [7, 11) is 0. The fraction of sp³-hybridized carbons (Fsp3) is 0.294. The Morgan fingerprint density at radius 3 is 2.61 bits per heavy atom. The standard InChI is InChI=1S/C17H17IN4O/c18-17-19-16-3-1-2-15(22(16)20-17)14-6-4-13(5-7-14)12-21-8-10-23-11-9-21/h1-7H,8-12H2. The summed E-state index contributed by atoms with van der Waals surface area (Å²) in [5, 5.41) is 4.48. The zero-order chi connectivity index (χ0) is 15.6. The highest BCUT2D eigenvalue weighted by Gasteiger charge is 2.11. The van der Waals surface area contributed by atoms with Gasteiger partial charge in [0.15, 0.2) is 5.65 Å². The van der Waals surface area contributed by atoms with E-state index in [1.54, 1.807) is 0 Å². The molecule has 6 heteroatoms. The Labute approximate surface area is 148 Å². The number of hydrogen-bond acceptors (Lipinski definition) is 4. The number of ether oxygens (including phenoxy) is 1. The molecule has 5 nitrogen and oxygen atoms in total. The lowest BCUT2D eigenvalue weighted by molar-refractivity contribution is 0.0342. The fourth-order valence-corrected chi connectivity index (χ4v) is 3.36. The molecule has 4 rings (SSSR count). The highest BCUT2D eigenvalue weighted by atomic mass is 127. The number of nitrogens with zero attached hydrogens (tertiary/aromatic N) is 4. The van der Waals surface area contributed by atoms with Crippen LogP contribution in [-0.2, 0) is 11.3 Å². The SMILES string of the molecule is Ic1nc2cccc(-c3ccc(CN4CCOCC4)cc3)n2n1. The maximum atomic E-state index is 5.40. The molecule has 1 aliphatic rings. The van der Waals surface area contributed by atoms with Gasteiger partial charge in [0.25, 0.3) is 0 Å². The highest BCUT2D eigenvalue weighted by Crippen LogP contribution is 2.21. The molecule has 0 unspecified atom stereocenters. The van der Waals surface area contributed by atoms with Gasteiger partial charge in [-0.2, -0.15) is 0 Å². The van der Waals surface area contributed by atoms with Gasteiger partial charge in [0.05, 0.1) is 18.9 Å². The van der Waals surface area contributed by atoms with Crippen LogP contribution in [0.3, 0.4) is 0 Å². The Hall–Kier alpha value is -1.51. The number of rotatable bonds is 3. The summed E-state index contributed by atoms with van der Waals surface area (Å²) in [5.74, 6) is 0. The van der Waals surface area contributed by atoms with Crippen LogP contribution in [0.1, 0.15) is 5.56 Å². The number of morpholine rings is 1. The van der Waals surface area contributed by atoms with Gasteiger partial charge in [-0.05, 0) is 17.7 Å². The van der Waals surface area contributed by atoms with Gasteiger partial charge in [-0.15, -0.1) is 5.10 Å². The molecule has 1 saturated heterocycles. The summed E-state index contributed by atoms with van der Waals surface area (Å²) in [6, 6.07) is 14.8. The number of hydrogen-bond donors (Lipinski definition) is 0. The summed E-state index contributed by atoms with van der Waals surface area (Å²) < 4.78 is 8.06. The monoisotopic (exact) mass is 420 g/mol. The third-order valence-corrected chi connectivity index (χ3v) is 4.55. The molecule has 3 aromatic rings. The smallest absolute Gasteiger partial charge is 0.212 e. The van der Waals surface area contributed by atoms with E-state index in [2.05, 4.69) is 67.9 Å². The van der Waals surface area contributed by atoms with Crippen LogP contribution >= 0.6 is 22.6 Å². The van der Waals surface area contributed by atoms with E-state index >= 15 is 0 Å². The predicted octanol–water partition coefficient (Wildman–Crippen LogP) is 2.83. The van der Waals surface area contributed by atoms with E-state index in [0.717, 1.165) is 53.6 Å². The van der Waals surface area contributed by atoms with Crippen LogP contribution in [0, 0.1) is 3.83 Å². The minimum Gasteiger partial charge on any atom is -0.379 e. The van der Waals surface area contributed by atoms with Crippen LogP contribution in [0.4, 0.5) is 0 Å². The number of fused-ring (bicyclic) bond motifs is 1. The van der Waals surface area contributed by atoms with E-state index in [0.29, 0.717) is 0 Å². The summed E-state index contributed by atoms with van der Waals surface area (Å²) in [6.07, 6.45) is 0. The van der Waals surface area contributed by atoms with Crippen molar-refractivity contribution in [1.29, 1.82) is 0 Å². The lowest BCUT2D eigenvalue weighted by atomic mass is 10.1. The third-order valence-electron chi connectivity index (χ3n) is 4.09. The Morgan fingerprint density at radius 2 is 1.83 bits per heavy atom. The quantitative estimate of drug-likeness (QED) is 0.612. The molecule has 2 aromatic heterocycles. The van der Waals surface area contributed by atoms with Gasteiger partial charge < -0.3 is 4.74 Å². The van der Waals surface area contributed by atoms with E-state index in [1.165, 1.54) is 5.56 Å². The van der Waals surface area contributed by atoms with Crippen LogP contribution in [0.25, 0.3) is 16.9 Å². The molecule has 23 heavy (non-hydrogen) atoms. The number of benzene rings is 1. The van der Waals surface area contributed by atoms with E-state index in [1.807, 2.05) is 16.6 Å². The zero-order valence-electron chi connectivity index (χ0n) is 12.7. The van der Waals surface area contributed by atoms with Crippen molar-refractivity contribution in [2.24, 2.45) is 0 Å². The molecule has 1 aromatic carbocycles. The van der Waals surface area contributed by atoms with Crippen molar-refractivity contribution in [2.75, 3.05) is 26.3 Å².